The second-order valence-electron chi connectivity index (χ2n) is 3.65. The molecule has 2 aromatic rings. The number of H-pyrrole nitrogens is 1. The maximum Gasteiger partial charge on any atom is 0.315 e. The normalized spacial score (nSPS) is 10.2. The van der Waals surface area contributed by atoms with E-state index in [0.717, 1.165) is 0 Å². The van der Waals surface area contributed by atoms with Crippen molar-refractivity contribution in [3.8, 4) is 22.9 Å². The maximum absolute atomic E-state index is 11.1. The fourth-order valence-electron chi connectivity index (χ4n) is 1.72. The summed E-state index contributed by atoms with van der Waals surface area (Å²) in [5.41, 5.74) is 0.421. The molecule has 7 heteroatoms. The number of methoxy groups -OCH3 is 1. The Morgan fingerprint density at radius 2 is 2.26 bits per heavy atom. The molecule has 19 heavy (non-hydrogen) atoms. The second kappa shape index (κ2) is 5.38. The Balaban J connectivity index is 2.61. The van der Waals surface area contributed by atoms with Crippen molar-refractivity contribution in [1.29, 1.82) is 0 Å². The molecule has 0 amide bonds. The third-order valence-corrected chi connectivity index (χ3v) is 2.51. The largest absolute Gasteiger partial charge is 0.493 e. The van der Waals surface area contributed by atoms with E-state index in [0.29, 0.717) is 23.7 Å². The standard InChI is InChI=1S/C12H13N3O4/c1-3-19-11-9(15(16)17)6-8(7-10(11)18-2)12-13-4-5-14-12/h4-7H,3H2,1-2H3,(H,13,14). The van der Waals surface area contributed by atoms with Gasteiger partial charge in [-0.05, 0) is 13.0 Å². The molecule has 0 bridgehead atoms. The molecule has 1 aromatic carbocycles. The van der Waals surface area contributed by atoms with Crippen LogP contribution in [0.3, 0.4) is 0 Å². The Labute approximate surface area is 109 Å². The van der Waals surface area contributed by atoms with Crippen molar-refractivity contribution in [3.63, 3.8) is 0 Å². The maximum atomic E-state index is 11.1. The first-order valence-electron chi connectivity index (χ1n) is 5.66. The smallest absolute Gasteiger partial charge is 0.315 e. The molecule has 0 aliphatic rings. The van der Waals surface area contributed by atoms with Crippen molar-refractivity contribution >= 4 is 5.69 Å². The molecule has 0 aliphatic carbocycles. The van der Waals surface area contributed by atoms with E-state index in [9.17, 15) is 10.1 Å². The molecule has 0 fully saturated rings. The number of nitrogens with one attached hydrogen (secondary N) is 1. The highest BCUT2D eigenvalue weighted by atomic mass is 16.6. The molecular weight excluding hydrogens is 250 g/mol. The summed E-state index contributed by atoms with van der Waals surface area (Å²) in [5.74, 6) is 0.970. The van der Waals surface area contributed by atoms with Gasteiger partial charge in [-0.15, -0.1) is 0 Å². The zero-order valence-electron chi connectivity index (χ0n) is 10.5. The van der Waals surface area contributed by atoms with E-state index >= 15 is 0 Å². The minimum Gasteiger partial charge on any atom is -0.493 e. The van der Waals surface area contributed by atoms with Crippen LogP contribution in [0.1, 0.15) is 6.92 Å². The fourth-order valence-corrected chi connectivity index (χ4v) is 1.72. The number of hydrogen-bond acceptors (Lipinski definition) is 5. The van der Waals surface area contributed by atoms with Crippen LogP contribution in [0.2, 0.25) is 0 Å². The molecular formula is C12H13N3O4. The molecule has 0 saturated carbocycles. The number of hydrogen-bond donors (Lipinski definition) is 1. The molecule has 100 valence electrons. The lowest BCUT2D eigenvalue weighted by Gasteiger charge is -2.10. The highest BCUT2D eigenvalue weighted by Gasteiger charge is 2.23. The number of nitro benzene ring substituents is 1. The highest BCUT2D eigenvalue weighted by molar-refractivity contribution is 5.69. The third-order valence-electron chi connectivity index (χ3n) is 2.51. The molecule has 0 spiro atoms. The lowest BCUT2D eigenvalue weighted by molar-refractivity contribution is -0.385. The van der Waals surface area contributed by atoms with Crippen LogP contribution in [0.4, 0.5) is 5.69 Å². The fraction of sp³-hybridized carbons (Fsp3) is 0.250. The molecule has 0 aliphatic heterocycles. The van der Waals surface area contributed by atoms with E-state index < -0.39 is 4.92 Å². The zero-order chi connectivity index (χ0) is 13.8. The Hall–Kier alpha value is -2.57. The summed E-state index contributed by atoms with van der Waals surface area (Å²) >= 11 is 0. The lowest BCUT2D eigenvalue weighted by Crippen LogP contribution is -2.01. The van der Waals surface area contributed by atoms with Gasteiger partial charge in [-0.25, -0.2) is 4.98 Å². The van der Waals surface area contributed by atoms with E-state index in [1.807, 2.05) is 0 Å². The molecule has 0 unspecified atom stereocenters. The Bertz CT molecular complexity index is 581. The molecule has 0 radical (unpaired) electrons. The molecule has 1 N–H and O–H groups in total. The summed E-state index contributed by atoms with van der Waals surface area (Å²) in [4.78, 5) is 17.6. The number of ether oxygens (including phenoxy) is 2. The van der Waals surface area contributed by atoms with Crippen LogP contribution in [0.5, 0.6) is 11.5 Å². The van der Waals surface area contributed by atoms with Gasteiger partial charge in [0.15, 0.2) is 5.75 Å². The van der Waals surface area contributed by atoms with E-state index in [1.54, 1.807) is 25.4 Å². The molecule has 2 rings (SSSR count). The van der Waals surface area contributed by atoms with Crippen LogP contribution in [-0.4, -0.2) is 28.6 Å². The van der Waals surface area contributed by atoms with Gasteiger partial charge in [-0.3, -0.25) is 10.1 Å². The Kier molecular flexibility index (Phi) is 3.65. The van der Waals surface area contributed by atoms with Crippen LogP contribution >= 0.6 is 0 Å². The monoisotopic (exact) mass is 263 g/mol. The minimum atomic E-state index is -0.500. The third kappa shape index (κ3) is 2.49. The van der Waals surface area contributed by atoms with Crippen LogP contribution in [0.25, 0.3) is 11.4 Å². The van der Waals surface area contributed by atoms with Crippen molar-refractivity contribution in [2.45, 2.75) is 6.92 Å². The van der Waals surface area contributed by atoms with E-state index in [-0.39, 0.29) is 11.4 Å². The molecule has 0 atom stereocenters. The summed E-state index contributed by atoms with van der Waals surface area (Å²) < 4.78 is 10.5. The van der Waals surface area contributed by atoms with Gasteiger partial charge in [0, 0.05) is 24.0 Å². The summed E-state index contributed by atoms with van der Waals surface area (Å²) in [6.45, 7) is 2.07. The van der Waals surface area contributed by atoms with Gasteiger partial charge >= 0.3 is 5.69 Å². The van der Waals surface area contributed by atoms with Crippen molar-refractivity contribution in [1.82, 2.24) is 9.97 Å². The minimum absolute atomic E-state index is 0.130. The quantitative estimate of drug-likeness (QED) is 0.660. The summed E-state index contributed by atoms with van der Waals surface area (Å²) in [6, 6.07) is 3.06. The van der Waals surface area contributed by atoms with Gasteiger partial charge in [0.25, 0.3) is 0 Å². The number of nitro groups is 1. The van der Waals surface area contributed by atoms with Crippen LogP contribution < -0.4 is 9.47 Å². The Morgan fingerprint density at radius 3 is 2.79 bits per heavy atom. The van der Waals surface area contributed by atoms with Crippen molar-refractivity contribution in [2.24, 2.45) is 0 Å². The van der Waals surface area contributed by atoms with Crippen molar-refractivity contribution in [3.05, 3.63) is 34.6 Å². The molecule has 1 heterocycles. The predicted molar refractivity (Wildman–Crippen MR) is 68.4 cm³/mol. The van der Waals surface area contributed by atoms with Crippen LogP contribution in [-0.2, 0) is 0 Å². The van der Waals surface area contributed by atoms with E-state index in [1.165, 1.54) is 13.2 Å². The number of aromatic amines is 1. The number of aromatic nitrogens is 2. The Morgan fingerprint density at radius 1 is 1.47 bits per heavy atom. The average molecular weight is 263 g/mol. The number of rotatable bonds is 5. The number of benzene rings is 1. The first-order valence-corrected chi connectivity index (χ1v) is 5.66. The molecule has 0 saturated heterocycles. The summed E-state index contributed by atoms with van der Waals surface area (Å²) in [5, 5.41) is 11.1. The van der Waals surface area contributed by atoms with Gasteiger partial charge < -0.3 is 14.5 Å². The second-order valence-corrected chi connectivity index (χ2v) is 3.65. The molecule has 1 aromatic heterocycles. The SMILES string of the molecule is CCOc1c(OC)cc(-c2ncc[nH]2)cc1[N+](=O)[O-]. The molecule has 7 nitrogen and oxygen atoms in total. The lowest BCUT2D eigenvalue weighted by atomic mass is 10.1. The predicted octanol–water partition coefficient (Wildman–Crippen LogP) is 2.39. The highest BCUT2D eigenvalue weighted by Crippen LogP contribution is 2.40. The van der Waals surface area contributed by atoms with Crippen LogP contribution in [0, 0.1) is 10.1 Å². The zero-order valence-corrected chi connectivity index (χ0v) is 10.5. The van der Waals surface area contributed by atoms with Crippen molar-refractivity contribution < 1.29 is 14.4 Å². The first kappa shape index (κ1) is 12.9. The van der Waals surface area contributed by atoms with E-state index in [4.69, 9.17) is 9.47 Å². The summed E-state index contributed by atoms with van der Waals surface area (Å²) in [7, 11) is 1.44. The summed E-state index contributed by atoms with van der Waals surface area (Å²) in [6.07, 6.45) is 3.22. The van der Waals surface area contributed by atoms with E-state index in [2.05, 4.69) is 9.97 Å². The van der Waals surface area contributed by atoms with Crippen molar-refractivity contribution in [2.75, 3.05) is 13.7 Å². The van der Waals surface area contributed by atoms with Gasteiger partial charge in [-0.1, -0.05) is 0 Å². The van der Waals surface area contributed by atoms with Gasteiger partial charge in [0.2, 0.25) is 5.75 Å². The topological polar surface area (TPSA) is 90.3 Å². The van der Waals surface area contributed by atoms with Gasteiger partial charge in [0.05, 0.1) is 18.6 Å². The van der Waals surface area contributed by atoms with Crippen LogP contribution in [0.15, 0.2) is 24.5 Å². The van der Waals surface area contributed by atoms with Gasteiger partial charge in [0.1, 0.15) is 5.82 Å². The average Bonchev–Trinajstić information content (AvgIpc) is 2.92. The number of nitrogens with zero attached hydrogens (tertiary/aromatic N) is 2. The van der Waals surface area contributed by atoms with Gasteiger partial charge in [-0.2, -0.15) is 0 Å². The first-order chi connectivity index (χ1) is 9.17. The number of imidazole rings is 1.